The number of rotatable bonds is 10. The Kier molecular flexibility index (Phi) is 8.65. The number of hydrazone groups is 1. The highest BCUT2D eigenvalue weighted by molar-refractivity contribution is 7.98. The maximum Gasteiger partial charge on any atom is 0.255 e. The fourth-order valence-electron chi connectivity index (χ4n) is 2.97. The van der Waals surface area contributed by atoms with Crippen LogP contribution in [-0.4, -0.2) is 44.8 Å². The van der Waals surface area contributed by atoms with Crippen LogP contribution in [0.3, 0.4) is 0 Å². The lowest BCUT2D eigenvalue weighted by Crippen LogP contribution is -2.39. The summed E-state index contributed by atoms with van der Waals surface area (Å²) < 4.78 is 32.8. The van der Waals surface area contributed by atoms with Gasteiger partial charge in [-0.15, -0.1) is 11.8 Å². The molecule has 0 bridgehead atoms. The molecule has 0 atom stereocenters. The molecule has 0 aliphatic rings. The smallest absolute Gasteiger partial charge is 0.255 e. The first kappa shape index (κ1) is 24.5. The van der Waals surface area contributed by atoms with Gasteiger partial charge in [0.2, 0.25) is 10.0 Å². The van der Waals surface area contributed by atoms with Gasteiger partial charge in [-0.25, -0.2) is 13.8 Å². The molecular weight excluding hydrogens is 458 g/mol. The summed E-state index contributed by atoms with van der Waals surface area (Å²) in [7, 11) is -2.43. The third-order valence-electron chi connectivity index (χ3n) is 4.74. The molecule has 0 aliphatic carbocycles. The Bertz CT molecular complexity index is 1180. The molecule has 3 aromatic carbocycles. The topological polar surface area (TPSA) is 88.1 Å². The quantitative estimate of drug-likeness (QED) is 0.270. The molecule has 0 saturated carbocycles. The van der Waals surface area contributed by atoms with Crippen LogP contribution < -0.4 is 10.2 Å². The maximum atomic E-state index is 13.3. The van der Waals surface area contributed by atoms with Gasteiger partial charge in [-0.3, -0.25) is 4.79 Å². The van der Waals surface area contributed by atoms with Crippen LogP contribution in [-0.2, 0) is 21.4 Å². The first-order chi connectivity index (χ1) is 15.9. The van der Waals surface area contributed by atoms with E-state index in [4.69, 9.17) is 4.74 Å². The summed E-state index contributed by atoms with van der Waals surface area (Å²) in [6.07, 6.45) is 3.51. The van der Waals surface area contributed by atoms with Crippen LogP contribution in [0.15, 0.2) is 93.8 Å². The van der Waals surface area contributed by atoms with E-state index in [1.54, 1.807) is 23.9 Å². The van der Waals surface area contributed by atoms with Crippen molar-refractivity contribution < 1.29 is 17.9 Å². The minimum atomic E-state index is -3.94. The SMILES string of the molecule is COc1ccc(S(=O)(=O)N(CC(=O)N/N=C\c2ccc(SC)cc2)Cc2ccccc2)cc1. The fraction of sp³-hybridized carbons (Fsp3) is 0.167. The van der Waals surface area contributed by atoms with E-state index in [2.05, 4.69) is 10.5 Å². The second-order valence-electron chi connectivity index (χ2n) is 7.00. The first-order valence-electron chi connectivity index (χ1n) is 10.1. The van der Waals surface area contributed by atoms with Crippen LogP contribution in [0, 0.1) is 0 Å². The molecule has 7 nitrogen and oxygen atoms in total. The average Bonchev–Trinajstić information content (AvgIpc) is 2.84. The summed E-state index contributed by atoms with van der Waals surface area (Å²) in [6.45, 7) is -0.339. The molecule has 0 fully saturated rings. The Morgan fingerprint density at radius 3 is 2.30 bits per heavy atom. The minimum Gasteiger partial charge on any atom is -0.497 e. The second-order valence-corrected chi connectivity index (χ2v) is 9.82. The third-order valence-corrected chi connectivity index (χ3v) is 7.29. The highest BCUT2D eigenvalue weighted by Gasteiger charge is 2.27. The van der Waals surface area contributed by atoms with Crippen molar-refractivity contribution in [2.45, 2.75) is 16.3 Å². The third kappa shape index (κ3) is 6.92. The van der Waals surface area contributed by atoms with Crippen molar-refractivity contribution in [1.82, 2.24) is 9.73 Å². The molecule has 0 aromatic heterocycles. The molecule has 1 amide bonds. The van der Waals surface area contributed by atoms with E-state index in [0.717, 1.165) is 20.3 Å². The van der Waals surface area contributed by atoms with Crippen LogP contribution in [0.1, 0.15) is 11.1 Å². The number of hydrogen-bond donors (Lipinski definition) is 1. The van der Waals surface area contributed by atoms with Gasteiger partial charge >= 0.3 is 0 Å². The number of nitrogens with one attached hydrogen (secondary N) is 1. The molecule has 33 heavy (non-hydrogen) atoms. The highest BCUT2D eigenvalue weighted by atomic mass is 32.2. The van der Waals surface area contributed by atoms with Crippen molar-refractivity contribution in [2.24, 2.45) is 5.10 Å². The molecule has 3 aromatic rings. The largest absolute Gasteiger partial charge is 0.497 e. The fourth-order valence-corrected chi connectivity index (χ4v) is 4.77. The molecule has 1 N–H and O–H groups in total. The van der Waals surface area contributed by atoms with E-state index in [1.165, 1.54) is 25.5 Å². The van der Waals surface area contributed by atoms with Gasteiger partial charge in [0.05, 0.1) is 24.8 Å². The molecule has 0 heterocycles. The van der Waals surface area contributed by atoms with Gasteiger partial charge in [-0.05, 0) is 53.8 Å². The van der Waals surface area contributed by atoms with Crippen LogP contribution in [0.25, 0.3) is 0 Å². The number of hydrogen-bond acceptors (Lipinski definition) is 6. The van der Waals surface area contributed by atoms with Crippen LogP contribution >= 0.6 is 11.8 Å². The van der Waals surface area contributed by atoms with Gasteiger partial charge in [0, 0.05) is 11.4 Å². The summed E-state index contributed by atoms with van der Waals surface area (Å²) in [5.41, 5.74) is 4.00. The Morgan fingerprint density at radius 1 is 1.03 bits per heavy atom. The van der Waals surface area contributed by atoms with E-state index < -0.39 is 15.9 Å². The lowest BCUT2D eigenvalue weighted by Gasteiger charge is -2.21. The number of thioether (sulfide) groups is 1. The minimum absolute atomic E-state index is 0.0441. The number of benzene rings is 3. The van der Waals surface area contributed by atoms with Gasteiger partial charge in [-0.2, -0.15) is 9.41 Å². The van der Waals surface area contributed by atoms with Crippen molar-refractivity contribution in [2.75, 3.05) is 19.9 Å². The summed E-state index contributed by atoms with van der Waals surface area (Å²) in [6, 6.07) is 22.8. The van der Waals surface area contributed by atoms with Crippen molar-refractivity contribution in [3.8, 4) is 5.75 Å². The molecule has 0 aliphatic heterocycles. The van der Waals surface area contributed by atoms with E-state index in [9.17, 15) is 13.2 Å². The molecule has 3 rings (SSSR count). The number of nitrogens with zero attached hydrogens (tertiary/aromatic N) is 2. The standard InChI is InChI=1S/C24H25N3O4S2/c1-31-21-10-14-23(15-11-21)33(29,30)27(17-20-6-4-3-5-7-20)18-24(28)26-25-16-19-8-12-22(32-2)13-9-19/h3-16H,17-18H2,1-2H3,(H,26,28)/b25-16-. The Hall–Kier alpha value is -3.14. The number of sulfonamides is 1. The zero-order valence-corrected chi connectivity index (χ0v) is 20.0. The predicted molar refractivity (Wildman–Crippen MR) is 131 cm³/mol. The van der Waals surface area contributed by atoms with Gasteiger partial charge in [0.1, 0.15) is 5.75 Å². The van der Waals surface area contributed by atoms with Gasteiger partial charge < -0.3 is 4.74 Å². The van der Waals surface area contributed by atoms with Gasteiger partial charge in [0.15, 0.2) is 0 Å². The summed E-state index contributed by atoms with van der Waals surface area (Å²) in [4.78, 5) is 13.8. The summed E-state index contributed by atoms with van der Waals surface area (Å²) in [5, 5.41) is 3.97. The monoisotopic (exact) mass is 483 g/mol. The number of amides is 1. The highest BCUT2D eigenvalue weighted by Crippen LogP contribution is 2.21. The zero-order chi connectivity index (χ0) is 23.7. The van der Waals surface area contributed by atoms with Crippen molar-refractivity contribution in [3.05, 3.63) is 90.0 Å². The van der Waals surface area contributed by atoms with E-state index >= 15 is 0 Å². The van der Waals surface area contributed by atoms with Gasteiger partial charge in [-0.1, -0.05) is 42.5 Å². The van der Waals surface area contributed by atoms with E-state index in [0.29, 0.717) is 5.75 Å². The molecule has 172 valence electrons. The van der Waals surface area contributed by atoms with Crippen molar-refractivity contribution in [1.29, 1.82) is 0 Å². The normalized spacial score (nSPS) is 11.6. The molecule has 0 radical (unpaired) electrons. The predicted octanol–water partition coefficient (Wildman–Crippen LogP) is 3.76. The Morgan fingerprint density at radius 2 is 1.70 bits per heavy atom. The number of ether oxygens (including phenoxy) is 1. The zero-order valence-electron chi connectivity index (χ0n) is 18.3. The lowest BCUT2D eigenvalue weighted by molar-refractivity contribution is -0.121. The number of carbonyl (C=O) groups is 1. The van der Waals surface area contributed by atoms with Gasteiger partial charge in [0.25, 0.3) is 5.91 Å². The van der Waals surface area contributed by atoms with Crippen molar-refractivity contribution in [3.63, 3.8) is 0 Å². The summed E-state index contributed by atoms with van der Waals surface area (Å²) >= 11 is 1.63. The molecule has 0 spiro atoms. The van der Waals surface area contributed by atoms with E-state index in [1.807, 2.05) is 60.9 Å². The van der Waals surface area contributed by atoms with Crippen LogP contribution in [0.5, 0.6) is 5.75 Å². The maximum absolute atomic E-state index is 13.3. The van der Waals surface area contributed by atoms with Crippen LogP contribution in [0.2, 0.25) is 0 Å². The lowest BCUT2D eigenvalue weighted by atomic mass is 10.2. The summed E-state index contributed by atoms with van der Waals surface area (Å²) in [5.74, 6) is 0.00112. The van der Waals surface area contributed by atoms with E-state index in [-0.39, 0.29) is 18.0 Å². The van der Waals surface area contributed by atoms with Crippen LogP contribution in [0.4, 0.5) is 0 Å². The Labute approximate surface area is 198 Å². The molecular formula is C24H25N3O4S2. The molecule has 0 unspecified atom stereocenters. The molecule has 0 saturated heterocycles. The second kappa shape index (κ2) is 11.6. The number of carbonyl (C=O) groups excluding carboxylic acids is 1. The first-order valence-corrected chi connectivity index (χ1v) is 12.7. The number of methoxy groups -OCH3 is 1. The molecule has 9 heteroatoms. The Balaban J connectivity index is 1.75. The average molecular weight is 484 g/mol. The van der Waals surface area contributed by atoms with Crippen molar-refractivity contribution >= 4 is 33.9 Å².